The van der Waals surface area contributed by atoms with Crippen molar-refractivity contribution in [2.45, 2.75) is 0 Å². The van der Waals surface area contributed by atoms with Gasteiger partial charge in [0.25, 0.3) is 11.6 Å². The fraction of sp³-hybridized carbons (Fsp3) is 0. The zero-order chi connectivity index (χ0) is 18.7. The molecule has 0 aliphatic heterocycles. The average molecular weight is 354 g/mol. The summed E-state index contributed by atoms with van der Waals surface area (Å²) in [6, 6.07) is 6.75. The van der Waals surface area contributed by atoms with Gasteiger partial charge in [-0.15, -0.1) is 10.2 Å². The maximum atomic E-state index is 12.0. The number of aromatic nitrogens is 2. The van der Waals surface area contributed by atoms with Crippen molar-refractivity contribution in [1.29, 1.82) is 0 Å². The lowest BCUT2D eigenvalue weighted by atomic mass is 10.2. The van der Waals surface area contributed by atoms with Gasteiger partial charge in [-0.25, -0.2) is 0 Å². The monoisotopic (exact) mass is 354 g/mol. The second-order valence-electron chi connectivity index (χ2n) is 5.03. The highest BCUT2D eigenvalue weighted by molar-refractivity contribution is 5.97. The molecule has 26 heavy (non-hydrogen) atoms. The Morgan fingerprint density at radius 2 is 2.12 bits per heavy atom. The van der Waals surface area contributed by atoms with Gasteiger partial charge in [0.15, 0.2) is 5.69 Å². The van der Waals surface area contributed by atoms with Gasteiger partial charge in [0, 0.05) is 23.7 Å². The van der Waals surface area contributed by atoms with Crippen LogP contribution in [0.2, 0.25) is 0 Å². The number of azo groups is 1. The molecule has 3 aromatic rings. The predicted molar refractivity (Wildman–Crippen MR) is 89.1 cm³/mol. The number of rotatable bonds is 4. The van der Waals surface area contributed by atoms with Gasteiger partial charge in [-0.05, 0) is 18.2 Å². The molecule has 0 radical (unpaired) electrons. The minimum Gasteiger partial charge on any atom is -0.493 e. The lowest BCUT2D eigenvalue weighted by Crippen LogP contribution is -1.96. The number of nitro groups is 1. The van der Waals surface area contributed by atoms with Crippen molar-refractivity contribution < 1.29 is 20.0 Å². The molecule has 0 saturated carbocycles. The normalized spacial score (nSPS) is 11.5. The molecular formula is C15H10N6O5. The first-order chi connectivity index (χ1) is 12.5. The second kappa shape index (κ2) is 6.76. The maximum absolute atomic E-state index is 12.0. The van der Waals surface area contributed by atoms with Crippen LogP contribution in [-0.4, -0.2) is 37.3 Å². The van der Waals surface area contributed by atoms with Crippen LogP contribution in [0.5, 0.6) is 5.88 Å². The Hall–Kier alpha value is -4.15. The maximum Gasteiger partial charge on any atom is 0.296 e. The third-order valence-corrected chi connectivity index (χ3v) is 3.41. The Morgan fingerprint density at radius 3 is 2.77 bits per heavy atom. The fourth-order valence-corrected chi connectivity index (χ4v) is 2.19. The van der Waals surface area contributed by atoms with Gasteiger partial charge in [-0.3, -0.25) is 19.9 Å². The van der Waals surface area contributed by atoms with Crippen LogP contribution in [0.1, 0.15) is 16.1 Å². The molecule has 11 heteroatoms. The van der Waals surface area contributed by atoms with Crippen molar-refractivity contribution in [3.8, 4) is 5.88 Å². The number of carbonyl (C=O) groups excluding carboxylic acids is 1. The number of nitro benzene ring substituents is 1. The van der Waals surface area contributed by atoms with Crippen LogP contribution in [0.4, 0.5) is 11.4 Å². The SMILES string of the molecule is O=C(N=Nc1c(O)[nH]c2ccc([N+](=O)[O-])cc12)c1ccc(/C=N\O)nc1. The average Bonchev–Trinajstić information content (AvgIpc) is 2.95. The predicted octanol–water partition coefficient (Wildman–Crippen LogP) is 2.91. The Kier molecular flexibility index (Phi) is 4.34. The van der Waals surface area contributed by atoms with Crippen molar-refractivity contribution in [3.05, 3.63) is 57.9 Å². The molecule has 0 aliphatic carbocycles. The molecule has 0 spiro atoms. The van der Waals surface area contributed by atoms with E-state index in [9.17, 15) is 20.0 Å². The molecule has 1 aromatic carbocycles. The van der Waals surface area contributed by atoms with Gasteiger partial charge >= 0.3 is 0 Å². The highest BCUT2D eigenvalue weighted by Crippen LogP contribution is 2.37. The summed E-state index contributed by atoms with van der Waals surface area (Å²) in [6.45, 7) is 0. The van der Waals surface area contributed by atoms with Crippen molar-refractivity contribution >= 4 is 34.4 Å². The molecule has 2 heterocycles. The fourth-order valence-electron chi connectivity index (χ4n) is 2.19. The molecule has 0 saturated heterocycles. The standard InChI is InChI=1S/C15H10N6O5/c22-14(8-1-2-9(7-17-24)16-6-8)20-19-13-11-5-10(21(25)26)3-4-12(11)18-15(13)23/h1-7,18,23-24H/b17-7-,20-19?. The van der Waals surface area contributed by atoms with Crippen LogP contribution in [0.15, 0.2) is 51.9 Å². The van der Waals surface area contributed by atoms with Crippen LogP contribution >= 0.6 is 0 Å². The molecule has 0 bridgehead atoms. The lowest BCUT2D eigenvalue weighted by Gasteiger charge is -1.95. The van der Waals surface area contributed by atoms with E-state index < -0.39 is 10.8 Å². The van der Waals surface area contributed by atoms with E-state index in [4.69, 9.17) is 5.21 Å². The summed E-state index contributed by atoms with van der Waals surface area (Å²) in [7, 11) is 0. The number of benzene rings is 1. The summed E-state index contributed by atoms with van der Waals surface area (Å²) in [5.74, 6) is -1.10. The summed E-state index contributed by atoms with van der Waals surface area (Å²) in [4.78, 5) is 28.8. The first-order valence-corrected chi connectivity index (χ1v) is 7.08. The Bertz CT molecular complexity index is 1050. The van der Waals surface area contributed by atoms with Crippen LogP contribution in [-0.2, 0) is 0 Å². The molecule has 0 unspecified atom stereocenters. The van der Waals surface area contributed by atoms with E-state index in [1.54, 1.807) is 0 Å². The minimum atomic E-state index is -0.732. The quantitative estimate of drug-likeness (QED) is 0.214. The molecule has 130 valence electrons. The first-order valence-electron chi connectivity index (χ1n) is 7.08. The number of fused-ring (bicyclic) bond motifs is 1. The second-order valence-corrected chi connectivity index (χ2v) is 5.03. The van der Waals surface area contributed by atoms with E-state index in [2.05, 4.69) is 25.4 Å². The zero-order valence-electron chi connectivity index (χ0n) is 12.9. The molecule has 0 fully saturated rings. The van der Waals surface area contributed by atoms with Gasteiger partial charge in [-0.2, -0.15) is 0 Å². The number of non-ortho nitro benzene ring substituents is 1. The third kappa shape index (κ3) is 3.21. The van der Waals surface area contributed by atoms with E-state index in [1.165, 1.54) is 36.5 Å². The summed E-state index contributed by atoms with van der Waals surface area (Å²) in [5, 5.41) is 39.5. The van der Waals surface area contributed by atoms with Crippen LogP contribution in [0, 0.1) is 10.1 Å². The molecule has 11 nitrogen and oxygen atoms in total. The van der Waals surface area contributed by atoms with Crippen LogP contribution in [0.3, 0.4) is 0 Å². The Balaban J connectivity index is 1.92. The minimum absolute atomic E-state index is 0.0888. The van der Waals surface area contributed by atoms with Crippen molar-refractivity contribution in [3.63, 3.8) is 0 Å². The number of hydrogen-bond acceptors (Lipinski definition) is 8. The van der Waals surface area contributed by atoms with E-state index >= 15 is 0 Å². The number of nitrogens with zero attached hydrogens (tertiary/aromatic N) is 5. The van der Waals surface area contributed by atoms with Gasteiger partial charge in [0.05, 0.1) is 27.9 Å². The summed E-state index contributed by atoms with van der Waals surface area (Å²) in [5.41, 5.74) is 0.583. The lowest BCUT2D eigenvalue weighted by molar-refractivity contribution is -0.384. The van der Waals surface area contributed by atoms with Crippen molar-refractivity contribution in [2.75, 3.05) is 0 Å². The van der Waals surface area contributed by atoms with Gasteiger partial charge in [0.2, 0.25) is 5.88 Å². The van der Waals surface area contributed by atoms with E-state index in [0.717, 1.165) is 6.21 Å². The Labute approximate surface area is 144 Å². The van der Waals surface area contributed by atoms with Crippen molar-refractivity contribution in [2.24, 2.45) is 15.4 Å². The smallest absolute Gasteiger partial charge is 0.296 e. The zero-order valence-corrected chi connectivity index (χ0v) is 12.9. The van der Waals surface area contributed by atoms with Crippen molar-refractivity contribution in [1.82, 2.24) is 9.97 Å². The molecule has 3 rings (SSSR count). The molecule has 0 atom stereocenters. The van der Waals surface area contributed by atoms with Gasteiger partial charge in [0.1, 0.15) is 0 Å². The number of hydrogen-bond donors (Lipinski definition) is 3. The number of pyridine rings is 1. The number of H-pyrrole nitrogens is 1. The van der Waals surface area contributed by atoms with Crippen LogP contribution < -0.4 is 0 Å². The number of oxime groups is 1. The number of aromatic hydroxyl groups is 1. The number of carbonyl (C=O) groups is 1. The van der Waals surface area contributed by atoms with Gasteiger partial charge < -0.3 is 15.3 Å². The Morgan fingerprint density at radius 1 is 1.31 bits per heavy atom. The van der Waals surface area contributed by atoms with Crippen LogP contribution in [0.25, 0.3) is 10.9 Å². The van der Waals surface area contributed by atoms with E-state index in [0.29, 0.717) is 11.2 Å². The van der Waals surface area contributed by atoms with E-state index in [-0.39, 0.29) is 28.2 Å². The largest absolute Gasteiger partial charge is 0.493 e. The number of nitrogens with one attached hydrogen (secondary N) is 1. The highest BCUT2D eigenvalue weighted by Gasteiger charge is 2.15. The molecular weight excluding hydrogens is 344 g/mol. The number of amides is 1. The molecule has 1 amide bonds. The first kappa shape index (κ1) is 16.7. The molecule has 3 N–H and O–H groups in total. The summed E-state index contributed by atoms with van der Waals surface area (Å²) in [6.07, 6.45) is 2.31. The third-order valence-electron chi connectivity index (χ3n) is 3.41. The number of aromatic amines is 1. The van der Waals surface area contributed by atoms with Gasteiger partial charge in [-0.1, -0.05) is 5.16 Å². The van der Waals surface area contributed by atoms with E-state index in [1.807, 2.05) is 0 Å². The molecule has 2 aromatic heterocycles. The summed E-state index contributed by atoms with van der Waals surface area (Å²) >= 11 is 0. The highest BCUT2D eigenvalue weighted by atomic mass is 16.6. The molecule has 0 aliphatic rings. The summed E-state index contributed by atoms with van der Waals surface area (Å²) < 4.78 is 0. The topological polar surface area (TPSA) is 166 Å².